The lowest BCUT2D eigenvalue weighted by molar-refractivity contribution is -0.117. The quantitative estimate of drug-likeness (QED) is 0.385. The zero-order chi connectivity index (χ0) is 24.0. The van der Waals surface area contributed by atoms with Crippen LogP contribution in [0.2, 0.25) is 0 Å². The minimum absolute atomic E-state index is 0.0165. The molecular weight excluding hydrogens is 420 g/mol. The van der Waals surface area contributed by atoms with Crippen molar-refractivity contribution in [2.75, 3.05) is 5.32 Å². The summed E-state index contributed by atoms with van der Waals surface area (Å²) >= 11 is 0. The average molecular weight is 455 g/mol. The van der Waals surface area contributed by atoms with Gasteiger partial charge in [0, 0.05) is 11.7 Å². The minimum Gasteiger partial charge on any atom is -0.390 e. The van der Waals surface area contributed by atoms with Gasteiger partial charge in [-0.3, -0.25) is 4.79 Å². The summed E-state index contributed by atoms with van der Waals surface area (Å²) in [7, 11) is 0. The van der Waals surface area contributed by atoms with E-state index < -0.39 is 5.60 Å². The zero-order valence-electron chi connectivity index (χ0n) is 20.0. The van der Waals surface area contributed by atoms with Crippen molar-refractivity contribution in [3.8, 4) is 0 Å². The lowest BCUT2D eigenvalue weighted by atomic mass is 9.98. The molecule has 4 heteroatoms. The highest BCUT2D eigenvalue weighted by atomic mass is 16.3. The van der Waals surface area contributed by atoms with Crippen molar-refractivity contribution in [3.63, 3.8) is 0 Å². The van der Waals surface area contributed by atoms with E-state index in [4.69, 9.17) is 0 Å². The maximum Gasteiger partial charge on any atom is 0.241 e. The molecule has 2 atom stereocenters. The van der Waals surface area contributed by atoms with Crippen molar-refractivity contribution in [2.45, 2.75) is 57.2 Å². The molecule has 1 unspecified atom stereocenters. The average Bonchev–Trinajstić information content (AvgIpc) is 3.27. The number of aliphatic hydroxyl groups is 1. The number of nitrogens with one attached hydrogen (secondary N) is 2. The van der Waals surface area contributed by atoms with Gasteiger partial charge < -0.3 is 15.7 Å². The minimum atomic E-state index is -0.726. The number of amides is 1. The molecule has 4 nitrogen and oxygen atoms in total. The van der Waals surface area contributed by atoms with Gasteiger partial charge in [-0.25, -0.2) is 0 Å². The maximum atomic E-state index is 12.6. The smallest absolute Gasteiger partial charge is 0.241 e. The number of carbonyl (C=O) groups excluding carboxylic acids is 1. The molecule has 0 spiro atoms. The lowest BCUT2D eigenvalue weighted by Crippen LogP contribution is -2.41. The number of benzene rings is 3. The summed E-state index contributed by atoms with van der Waals surface area (Å²) < 4.78 is 0. The summed E-state index contributed by atoms with van der Waals surface area (Å²) in [5.74, 6) is -0.0165. The summed E-state index contributed by atoms with van der Waals surface area (Å²) in [6, 6.07) is 27.0. The van der Waals surface area contributed by atoms with Crippen molar-refractivity contribution in [2.24, 2.45) is 0 Å². The Kier molecular flexibility index (Phi) is 7.61. The molecule has 1 amide bonds. The van der Waals surface area contributed by atoms with Crippen LogP contribution in [0.5, 0.6) is 0 Å². The fourth-order valence-electron chi connectivity index (χ4n) is 4.47. The van der Waals surface area contributed by atoms with Crippen LogP contribution in [0.15, 0.2) is 78.9 Å². The molecule has 0 bridgehead atoms. The fraction of sp³-hybridized carbons (Fsp3) is 0.300. The Balaban J connectivity index is 1.28. The van der Waals surface area contributed by atoms with E-state index in [0.717, 1.165) is 36.1 Å². The lowest BCUT2D eigenvalue weighted by Gasteiger charge is -2.22. The molecule has 176 valence electrons. The molecule has 1 saturated heterocycles. The highest BCUT2D eigenvalue weighted by Crippen LogP contribution is 2.22. The van der Waals surface area contributed by atoms with E-state index in [0.29, 0.717) is 6.42 Å². The number of carbonyl (C=O) groups is 1. The second-order valence-electron chi connectivity index (χ2n) is 9.86. The van der Waals surface area contributed by atoms with E-state index in [2.05, 4.69) is 71.3 Å². The third-order valence-corrected chi connectivity index (χ3v) is 6.18. The van der Waals surface area contributed by atoms with Crippen LogP contribution < -0.4 is 10.6 Å². The van der Waals surface area contributed by atoms with Gasteiger partial charge in [-0.1, -0.05) is 78.9 Å². The zero-order valence-corrected chi connectivity index (χ0v) is 20.0. The van der Waals surface area contributed by atoms with Crippen molar-refractivity contribution in [1.29, 1.82) is 0 Å². The topological polar surface area (TPSA) is 61.4 Å². The van der Waals surface area contributed by atoms with E-state index in [-0.39, 0.29) is 18.0 Å². The van der Waals surface area contributed by atoms with E-state index in [1.54, 1.807) is 13.8 Å². The van der Waals surface area contributed by atoms with Crippen LogP contribution in [0.3, 0.4) is 0 Å². The summed E-state index contributed by atoms with van der Waals surface area (Å²) in [6.45, 7) is 3.61. The molecule has 4 rings (SSSR count). The normalized spacial score (nSPS) is 18.3. The number of hydrogen-bond donors (Lipinski definition) is 3. The highest BCUT2D eigenvalue weighted by Gasteiger charge is 2.31. The Morgan fingerprint density at radius 3 is 2.12 bits per heavy atom. The van der Waals surface area contributed by atoms with Gasteiger partial charge in [0.2, 0.25) is 5.91 Å². The maximum absolute atomic E-state index is 12.6. The molecule has 1 fully saturated rings. The number of rotatable bonds is 8. The first-order valence-electron chi connectivity index (χ1n) is 12.0. The molecule has 1 aliphatic rings. The summed E-state index contributed by atoms with van der Waals surface area (Å²) in [5, 5.41) is 16.4. The Labute approximate surface area is 202 Å². The van der Waals surface area contributed by atoms with Crippen LogP contribution in [0.4, 0.5) is 5.69 Å². The van der Waals surface area contributed by atoms with Gasteiger partial charge in [-0.2, -0.15) is 0 Å². The van der Waals surface area contributed by atoms with Crippen LogP contribution in [-0.4, -0.2) is 28.7 Å². The first-order chi connectivity index (χ1) is 16.3. The van der Waals surface area contributed by atoms with Gasteiger partial charge >= 0.3 is 0 Å². The Hall–Kier alpha value is -3.21. The van der Waals surface area contributed by atoms with Crippen LogP contribution in [-0.2, 0) is 11.2 Å². The van der Waals surface area contributed by atoms with Gasteiger partial charge in [-0.05, 0) is 73.9 Å². The number of hydrogen-bond acceptors (Lipinski definition) is 3. The second kappa shape index (κ2) is 10.8. The molecule has 0 radical (unpaired) electrons. The van der Waals surface area contributed by atoms with Gasteiger partial charge in [0.1, 0.15) is 0 Å². The first kappa shape index (κ1) is 23.9. The second-order valence-corrected chi connectivity index (χ2v) is 9.86. The molecule has 3 aromatic carbocycles. The Morgan fingerprint density at radius 2 is 1.50 bits per heavy atom. The molecule has 0 aliphatic carbocycles. The largest absolute Gasteiger partial charge is 0.390 e. The predicted octanol–water partition coefficient (Wildman–Crippen LogP) is 5.67. The predicted molar refractivity (Wildman–Crippen MR) is 141 cm³/mol. The fourth-order valence-corrected chi connectivity index (χ4v) is 4.47. The van der Waals surface area contributed by atoms with Gasteiger partial charge in [0.05, 0.1) is 11.6 Å². The summed E-state index contributed by atoms with van der Waals surface area (Å²) in [5.41, 5.74) is 4.91. The van der Waals surface area contributed by atoms with Crippen LogP contribution in [0.25, 0.3) is 12.2 Å². The summed E-state index contributed by atoms with van der Waals surface area (Å²) in [4.78, 5) is 12.6. The van der Waals surface area contributed by atoms with Crippen molar-refractivity contribution < 1.29 is 9.90 Å². The molecule has 1 aliphatic heterocycles. The number of anilines is 1. The molecule has 3 aromatic rings. The highest BCUT2D eigenvalue weighted by molar-refractivity contribution is 5.95. The van der Waals surface area contributed by atoms with Gasteiger partial charge in [0.15, 0.2) is 0 Å². The van der Waals surface area contributed by atoms with Gasteiger partial charge in [0.25, 0.3) is 0 Å². The van der Waals surface area contributed by atoms with Crippen LogP contribution in [0.1, 0.15) is 55.4 Å². The van der Waals surface area contributed by atoms with Crippen LogP contribution >= 0.6 is 0 Å². The Bertz CT molecular complexity index is 1100. The van der Waals surface area contributed by atoms with Crippen molar-refractivity contribution in [1.82, 2.24) is 5.32 Å². The SMILES string of the molecule is CC(C)(O)CC1CC[C@H](C(=O)Nc2ccc(/C=C/c3ccc(Cc4ccccc4)cc3)cc2)N1. The monoisotopic (exact) mass is 454 g/mol. The molecule has 34 heavy (non-hydrogen) atoms. The van der Waals surface area contributed by atoms with Gasteiger partial charge in [-0.15, -0.1) is 0 Å². The molecule has 3 N–H and O–H groups in total. The van der Waals surface area contributed by atoms with E-state index in [9.17, 15) is 9.90 Å². The van der Waals surface area contributed by atoms with Crippen LogP contribution in [0, 0.1) is 0 Å². The van der Waals surface area contributed by atoms with E-state index in [1.165, 1.54) is 11.1 Å². The third-order valence-electron chi connectivity index (χ3n) is 6.18. The molecule has 0 saturated carbocycles. The standard InChI is InChI=1S/C30H34N2O2/c1-30(2,34)21-27-18-19-28(31-27)29(33)32-26-16-14-23(15-17-26)9-8-22-10-12-25(13-11-22)20-24-6-4-3-5-7-24/h3-17,27-28,31,34H,18-21H2,1-2H3,(H,32,33)/b9-8+/t27?,28-/m1/s1. The first-order valence-corrected chi connectivity index (χ1v) is 12.0. The van der Waals surface area contributed by atoms with E-state index >= 15 is 0 Å². The molecular formula is C30H34N2O2. The Morgan fingerprint density at radius 1 is 0.912 bits per heavy atom. The molecule has 0 aromatic heterocycles. The third kappa shape index (κ3) is 7.14. The van der Waals surface area contributed by atoms with Crippen molar-refractivity contribution in [3.05, 3.63) is 101 Å². The van der Waals surface area contributed by atoms with Crippen molar-refractivity contribution >= 4 is 23.7 Å². The van der Waals surface area contributed by atoms with E-state index in [1.807, 2.05) is 30.3 Å². The molecule has 1 heterocycles. The summed E-state index contributed by atoms with van der Waals surface area (Å²) in [6.07, 6.45) is 7.46.